The Morgan fingerprint density at radius 3 is 1.49 bits per heavy atom. The van der Waals surface area contributed by atoms with Crippen LogP contribution in [0.2, 0.25) is 0 Å². The molecule has 6 N–H and O–H groups in total. The number of rotatable bonds is 40. The molecular weight excluding hydrogens is 827 g/mol. The van der Waals surface area contributed by atoms with E-state index in [1.807, 2.05) is 6.08 Å². The summed E-state index contributed by atoms with van der Waals surface area (Å²) >= 11 is 0. The van der Waals surface area contributed by atoms with Crippen LogP contribution < -0.4 is 0 Å². The minimum atomic E-state index is -5.15. The first kappa shape index (κ1) is 58.8. The second-order valence-electron chi connectivity index (χ2n) is 17.0. The molecule has 366 valence electrons. The van der Waals surface area contributed by atoms with Crippen LogP contribution in [0.25, 0.3) is 0 Å². The van der Waals surface area contributed by atoms with Crippen molar-refractivity contribution in [2.24, 2.45) is 0 Å². The van der Waals surface area contributed by atoms with E-state index < -0.39 is 75.7 Å². The van der Waals surface area contributed by atoms with E-state index >= 15 is 0 Å². The molecule has 0 aromatic rings. The van der Waals surface area contributed by atoms with E-state index in [2.05, 4.69) is 38.2 Å². The highest BCUT2D eigenvalue weighted by molar-refractivity contribution is 7.47. The molecule has 0 aromatic carbocycles. The lowest BCUT2D eigenvalue weighted by molar-refractivity contribution is -0.220. The Hall–Kier alpha value is -2.19. The molecule has 1 fully saturated rings. The maximum atomic E-state index is 12.8. The Morgan fingerprint density at radius 2 is 0.968 bits per heavy atom. The molecule has 0 spiro atoms. The number of unbranched alkanes of at least 4 members (excludes halogenated alkanes) is 23. The summed E-state index contributed by atoms with van der Waals surface area (Å²) < 4.78 is 33.4. The highest BCUT2D eigenvalue weighted by atomic mass is 31.2. The number of allylic oxidation sites excluding steroid dienone is 7. The largest absolute Gasteiger partial charge is 0.472 e. The van der Waals surface area contributed by atoms with E-state index in [0.717, 1.165) is 63.9 Å². The minimum Gasteiger partial charge on any atom is -0.462 e. The molecule has 0 aliphatic heterocycles. The molecule has 1 rings (SSSR count). The van der Waals surface area contributed by atoms with Gasteiger partial charge in [0.25, 0.3) is 0 Å². The van der Waals surface area contributed by atoms with Gasteiger partial charge in [-0.1, -0.05) is 178 Å². The number of phosphoric ester groups is 1. The van der Waals surface area contributed by atoms with Gasteiger partial charge in [-0.05, 0) is 51.4 Å². The van der Waals surface area contributed by atoms with Crippen LogP contribution >= 0.6 is 7.82 Å². The zero-order valence-electron chi connectivity index (χ0n) is 38.9. The average Bonchev–Trinajstić information content (AvgIpc) is 3.26. The van der Waals surface area contributed by atoms with Crippen molar-refractivity contribution in [3.8, 4) is 0 Å². The summed E-state index contributed by atoms with van der Waals surface area (Å²) in [6.45, 7) is 3.18. The molecule has 1 aliphatic carbocycles. The smallest absolute Gasteiger partial charge is 0.462 e. The molecule has 8 atom stereocenters. The van der Waals surface area contributed by atoms with Gasteiger partial charge in [-0.25, -0.2) is 9.36 Å². The van der Waals surface area contributed by atoms with Crippen molar-refractivity contribution < 1.29 is 63.1 Å². The number of aliphatic hydroxyl groups is 5. The van der Waals surface area contributed by atoms with Crippen molar-refractivity contribution in [2.45, 2.75) is 236 Å². The second kappa shape index (κ2) is 39.0. The van der Waals surface area contributed by atoms with E-state index in [1.165, 1.54) is 115 Å². The Labute approximate surface area is 380 Å². The molecule has 0 radical (unpaired) electrons. The van der Waals surface area contributed by atoms with Gasteiger partial charge in [-0.15, -0.1) is 0 Å². The summed E-state index contributed by atoms with van der Waals surface area (Å²) in [6, 6.07) is 0. The Bertz CT molecular complexity index is 1290. The first-order chi connectivity index (χ1) is 30.4. The molecule has 0 saturated heterocycles. The standard InChI is InChI=1S/C49H87O13P/c1-3-5-7-9-11-13-15-17-19-20-21-22-24-25-27-29-31-33-35-37-42(50)59-39-41(40-60-63(57,58)62-49-47(55)45(53)44(52)46(54)48(49)56)61-43(51)38-36-34-32-30-28-26-23-18-16-14-12-10-8-6-4-2/h11,13,17,19,32,34,36,38,41,44-49,52-56H,3-10,12,14-16,18,20-31,33,35,37,39-40H2,1-2H3,(H,57,58)/b13-11+,19-17+,34-32+,38-36+/t41-,44?,45-,46?,47?,48?,49?/m0/s1. The van der Waals surface area contributed by atoms with Gasteiger partial charge < -0.3 is 39.9 Å². The molecule has 13 nitrogen and oxygen atoms in total. The van der Waals surface area contributed by atoms with Crippen molar-refractivity contribution in [1.82, 2.24) is 0 Å². The lowest BCUT2D eigenvalue weighted by atomic mass is 9.85. The fourth-order valence-corrected chi connectivity index (χ4v) is 8.26. The van der Waals surface area contributed by atoms with Crippen LogP contribution in [-0.4, -0.2) is 98.3 Å². The Morgan fingerprint density at radius 1 is 0.540 bits per heavy atom. The number of hydrogen-bond acceptors (Lipinski definition) is 12. The third-order valence-electron chi connectivity index (χ3n) is 11.2. The third-order valence-corrected chi connectivity index (χ3v) is 12.2. The number of aliphatic hydroxyl groups excluding tert-OH is 5. The van der Waals surface area contributed by atoms with Crippen LogP contribution in [0.5, 0.6) is 0 Å². The molecule has 1 aliphatic rings. The SMILES string of the molecule is CCCCC/C=C/C/C=C/CCCCCCCCCCCC(=O)OC[C@@H](COP(=O)(O)OC1C(O)C(O)C(O)[C@H](O)C1O)OC(=O)/C=C/C=C/CCCCCCCCCCCCC. The fourth-order valence-electron chi connectivity index (χ4n) is 7.28. The number of carbonyl (C=O) groups is 2. The van der Waals surface area contributed by atoms with Gasteiger partial charge in [0.15, 0.2) is 6.10 Å². The van der Waals surface area contributed by atoms with E-state index in [0.29, 0.717) is 6.42 Å². The Balaban J connectivity index is 2.46. The van der Waals surface area contributed by atoms with Crippen LogP contribution in [0.4, 0.5) is 0 Å². The van der Waals surface area contributed by atoms with Crippen LogP contribution in [0.1, 0.15) is 194 Å². The van der Waals surface area contributed by atoms with Crippen molar-refractivity contribution >= 4 is 19.8 Å². The van der Waals surface area contributed by atoms with Crippen LogP contribution in [0.3, 0.4) is 0 Å². The zero-order valence-corrected chi connectivity index (χ0v) is 39.8. The average molecular weight is 915 g/mol. The van der Waals surface area contributed by atoms with Crippen LogP contribution in [0, 0.1) is 0 Å². The van der Waals surface area contributed by atoms with Crippen LogP contribution in [0.15, 0.2) is 48.6 Å². The van der Waals surface area contributed by atoms with Crippen molar-refractivity contribution in [1.29, 1.82) is 0 Å². The number of phosphoric acid groups is 1. The summed E-state index contributed by atoms with van der Waals surface area (Å²) in [4.78, 5) is 35.6. The second-order valence-corrected chi connectivity index (χ2v) is 18.4. The van der Waals surface area contributed by atoms with Crippen molar-refractivity contribution in [3.05, 3.63) is 48.6 Å². The topological polar surface area (TPSA) is 210 Å². The first-order valence-electron chi connectivity index (χ1n) is 24.5. The molecule has 0 bridgehead atoms. The van der Waals surface area contributed by atoms with Gasteiger partial charge >= 0.3 is 19.8 Å². The van der Waals surface area contributed by atoms with Gasteiger partial charge in [-0.3, -0.25) is 13.8 Å². The van der Waals surface area contributed by atoms with E-state index in [9.17, 15) is 44.6 Å². The summed E-state index contributed by atoms with van der Waals surface area (Å²) in [5.41, 5.74) is 0. The monoisotopic (exact) mass is 915 g/mol. The van der Waals surface area contributed by atoms with Gasteiger partial charge in [0.2, 0.25) is 0 Å². The molecule has 1 saturated carbocycles. The molecule has 63 heavy (non-hydrogen) atoms. The van der Waals surface area contributed by atoms with Gasteiger partial charge in [0.05, 0.1) is 6.61 Å². The molecule has 0 aromatic heterocycles. The molecule has 14 heteroatoms. The number of carbonyl (C=O) groups excluding carboxylic acids is 2. The van der Waals surface area contributed by atoms with Gasteiger partial charge in [0, 0.05) is 12.5 Å². The molecular formula is C49H87O13P. The number of esters is 2. The lowest BCUT2D eigenvalue weighted by Gasteiger charge is -2.41. The fraction of sp³-hybridized carbons (Fsp3) is 0.796. The molecule has 6 unspecified atom stereocenters. The quantitative estimate of drug-likeness (QED) is 0.00846. The van der Waals surface area contributed by atoms with Crippen molar-refractivity contribution in [2.75, 3.05) is 13.2 Å². The lowest BCUT2D eigenvalue weighted by Crippen LogP contribution is -2.64. The van der Waals surface area contributed by atoms with Crippen molar-refractivity contribution in [3.63, 3.8) is 0 Å². The molecule has 0 heterocycles. The maximum absolute atomic E-state index is 12.8. The summed E-state index contributed by atoms with van der Waals surface area (Å²) in [6.07, 6.45) is 33.6. The van der Waals surface area contributed by atoms with Gasteiger partial charge in [0.1, 0.15) is 43.2 Å². The van der Waals surface area contributed by atoms with E-state index in [-0.39, 0.29) is 6.42 Å². The summed E-state index contributed by atoms with van der Waals surface area (Å²) in [7, 11) is -5.15. The van der Waals surface area contributed by atoms with Crippen LogP contribution in [-0.2, 0) is 32.7 Å². The maximum Gasteiger partial charge on any atom is 0.472 e. The summed E-state index contributed by atoms with van der Waals surface area (Å²) in [5.74, 6) is -1.35. The number of ether oxygens (including phenoxy) is 2. The first-order valence-corrected chi connectivity index (χ1v) is 26.0. The predicted molar refractivity (Wildman–Crippen MR) is 249 cm³/mol. The highest BCUT2D eigenvalue weighted by Crippen LogP contribution is 2.47. The van der Waals surface area contributed by atoms with Gasteiger partial charge in [-0.2, -0.15) is 0 Å². The predicted octanol–water partition coefficient (Wildman–Crippen LogP) is 9.95. The molecule has 0 amide bonds. The number of hydrogen-bond donors (Lipinski definition) is 6. The third kappa shape index (κ3) is 31.4. The Kier molecular flexibility index (Phi) is 36.4. The zero-order chi connectivity index (χ0) is 46.4. The van der Waals surface area contributed by atoms with E-state index in [1.54, 1.807) is 6.08 Å². The highest BCUT2D eigenvalue weighted by Gasteiger charge is 2.51. The minimum absolute atomic E-state index is 0.142. The summed E-state index contributed by atoms with van der Waals surface area (Å²) in [5, 5.41) is 50.2. The normalized spacial score (nSPS) is 22.1. The van der Waals surface area contributed by atoms with E-state index in [4.69, 9.17) is 18.5 Å².